The van der Waals surface area contributed by atoms with Crippen molar-refractivity contribution in [2.24, 2.45) is 0 Å². The molecular weight excluding hydrogens is 612 g/mol. The summed E-state index contributed by atoms with van der Waals surface area (Å²) in [6.07, 6.45) is 0.852. The Labute approximate surface area is 260 Å². The van der Waals surface area contributed by atoms with Crippen LogP contribution in [0.1, 0.15) is 46.0 Å². The predicted molar refractivity (Wildman–Crippen MR) is 163 cm³/mol. The molecule has 0 aliphatic carbocycles. The highest BCUT2D eigenvalue weighted by atomic mass is 35.5. The van der Waals surface area contributed by atoms with E-state index in [-0.39, 0.29) is 34.4 Å². The third kappa shape index (κ3) is 9.23. The highest BCUT2D eigenvalue weighted by Crippen LogP contribution is 2.28. The van der Waals surface area contributed by atoms with Crippen molar-refractivity contribution in [1.82, 2.24) is 0 Å². The summed E-state index contributed by atoms with van der Waals surface area (Å²) in [6, 6.07) is 16.6. The number of rotatable bonds is 14. The quantitative estimate of drug-likeness (QED) is 0.130. The molecule has 0 heterocycles. The van der Waals surface area contributed by atoms with E-state index in [4.69, 9.17) is 65.4 Å². The van der Waals surface area contributed by atoms with Crippen molar-refractivity contribution in [3.8, 4) is 0 Å². The molecule has 0 spiro atoms. The van der Waals surface area contributed by atoms with E-state index in [1.165, 1.54) is 38.5 Å². The summed E-state index contributed by atoms with van der Waals surface area (Å²) in [5.74, 6) is -1.49. The average molecular weight is 643 g/mol. The second-order valence-corrected chi connectivity index (χ2v) is 10.7. The van der Waals surface area contributed by atoms with Crippen LogP contribution in [-0.4, -0.2) is 51.8 Å². The second-order valence-electron chi connectivity index (χ2n) is 9.06. The first-order valence-electron chi connectivity index (χ1n) is 12.9. The van der Waals surface area contributed by atoms with Crippen molar-refractivity contribution < 1.29 is 28.5 Å². The molecule has 0 aromatic heterocycles. The van der Waals surface area contributed by atoms with Gasteiger partial charge >= 0.3 is 11.9 Å². The molecule has 3 aromatic carbocycles. The van der Waals surface area contributed by atoms with Gasteiger partial charge < -0.3 is 18.9 Å². The fourth-order valence-electron chi connectivity index (χ4n) is 4.04. The Bertz CT molecular complexity index is 1250. The number of carbonyl (C=O) groups excluding carboxylic acids is 2. The standard InChI is InChI=1S/C30H31Cl4NO6/c1-4-5-6-19-7-11-22(12-8-19)35(27(17-38-2)40-29(36)23-15-20(31)9-13-25(23)33)28(18-39-3)41-30(37)24-16-21(32)10-14-26(24)34/h7-16,27-28H,4-6,17-18H2,1-3H3. The molecule has 0 saturated carbocycles. The van der Waals surface area contributed by atoms with Gasteiger partial charge in [0, 0.05) is 30.0 Å². The molecule has 220 valence electrons. The van der Waals surface area contributed by atoms with E-state index in [0.29, 0.717) is 15.7 Å². The molecule has 0 amide bonds. The fraction of sp³-hybridized carbons (Fsp3) is 0.333. The zero-order valence-electron chi connectivity index (χ0n) is 22.9. The highest BCUT2D eigenvalue weighted by molar-refractivity contribution is 6.36. The summed E-state index contributed by atoms with van der Waals surface area (Å²) >= 11 is 24.7. The van der Waals surface area contributed by atoms with Gasteiger partial charge in [0.25, 0.3) is 0 Å². The summed E-state index contributed by atoms with van der Waals surface area (Å²) in [6.45, 7) is 1.95. The van der Waals surface area contributed by atoms with Crippen molar-refractivity contribution in [2.75, 3.05) is 32.3 Å². The smallest absolute Gasteiger partial charge is 0.341 e. The zero-order chi connectivity index (χ0) is 29.9. The molecular formula is C30H31Cl4NO6. The van der Waals surface area contributed by atoms with Crippen LogP contribution in [0, 0.1) is 0 Å². The minimum atomic E-state index is -1.08. The molecule has 2 atom stereocenters. The Hall–Kier alpha value is -2.52. The zero-order valence-corrected chi connectivity index (χ0v) is 25.9. The molecule has 0 aliphatic heterocycles. The number of esters is 2. The number of methoxy groups -OCH3 is 2. The van der Waals surface area contributed by atoms with Crippen LogP contribution in [0.4, 0.5) is 5.69 Å². The molecule has 0 saturated heterocycles. The normalized spacial score (nSPS) is 12.5. The maximum Gasteiger partial charge on any atom is 0.341 e. The minimum Gasteiger partial charge on any atom is -0.435 e. The first kappa shape index (κ1) is 33.0. The Balaban J connectivity index is 2.04. The van der Waals surface area contributed by atoms with Gasteiger partial charge in [0.1, 0.15) is 13.2 Å². The van der Waals surface area contributed by atoms with Crippen LogP contribution < -0.4 is 4.90 Å². The maximum atomic E-state index is 13.3. The number of hydrogen-bond donors (Lipinski definition) is 0. The third-order valence-corrected chi connectivity index (χ3v) is 7.20. The first-order chi connectivity index (χ1) is 19.7. The maximum absolute atomic E-state index is 13.3. The third-order valence-electron chi connectivity index (χ3n) is 6.08. The van der Waals surface area contributed by atoms with Crippen molar-refractivity contribution in [3.05, 3.63) is 97.4 Å². The predicted octanol–water partition coefficient (Wildman–Crippen LogP) is 8.11. The van der Waals surface area contributed by atoms with E-state index in [0.717, 1.165) is 24.8 Å². The SMILES string of the molecule is CCCCc1ccc(N(C(COC)OC(=O)c2cc(Cl)ccc2Cl)C(COC)OC(=O)c2cc(Cl)ccc2Cl)cc1. The van der Waals surface area contributed by atoms with Gasteiger partial charge in [0.2, 0.25) is 12.5 Å². The Morgan fingerprint density at radius 1 is 0.732 bits per heavy atom. The van der Waals surface area contributed by atoms with Crippen LogP contribution in [0.25, 0.3) is 0 Å². The number of anilines is 1. The van der Waals surface area contributed by atoms with Gasteiger partial charge in [0.05, 0.1) is 21.2 Å². The van der Waals surface area contributed by atoms with E-state index < -0.39 is 24.4 Å². The van der Waals surface area contributed by atoms with Crippen LogP contribution in [-0.2, 0) is 25.4 Å². The molecule has 0 aliphatic rings. The van der Waals surface area contributed by atoms with Gasteiger partial charge in [-0.15, -0.1) is 0 Å². The number of aryl methyl sites for hydroxylation is 1. The van der Waals surface area contributed by atoms with Crippen LogP contribution in [0.15, 0.2) is 60.7 Å². The summed E-state index contributed by atoms with van der Waals surface area (Å²) < 4.78 is 22.7. The number of hydrogen-bond acceptors (Lipinski definition) is 7. The number of halogens is 4. The molecule has 0 fully saturated rings. The largest absolute Gasteiger partial charge is 0.435 e. The number of unbranched alkanes of at least 4 members (excludes halogenated alkanes) is 1. The number of carbonyl (C=O) groups is 2. The lowest BCUT2D eigenvalue weighted by atomic mass is 10.1. The van der Waals surface area contributed by atoms with E-state index >= 15 is 0 Å². The van der Waals surface area contributed by atoms with Crippen LogP contribution in [0.5, 0.6) is 0 Å². The van der Waals surface area contributed by atoms with Crippen molar-refractivity contribution >= 4 is 64.0 Å². The van der Waals surface area contributed by atoms with Crippen LogP contribution in [0.3, 0.4) is 0 Å². The number of nitrogens with zero attached hydrogens (tertiary/aromatic N) is 1. The summed E-state index contributed by atoms with van der Waals surface area (Å²) in [5, 5.41) is 0.957. The molecule has 11 heteroatoms. The van der Waals surface area contributed by atoms with Gasteiger partial charge in [-0.2, -0.15) is 0 Å². The molecule has 3 aromatic rings. The van der Waals surface area contributed by atoms with Crippen molar-refractivity contribution in [1.29, 1.82) is 0 Å². The van der Waals surface area contributed by atoms with E-state index in [2.05, 4.69) is 6.92 Å². The minimum absolute atomic E-state index is 0.0705. The fourth-order valence-corrected chi connectivity index (χ4v) is 4.78. The lowest BCUT2D eigenvalue weighted by Crippen LogP contribution is -2.52. The summed E-state index contributed by atoms with van der Waals surface area (Å²) in [7, 11) is 2.92. The van der Waals surface area contributed by atoms with Crippen LogP contribution >= 0.6 is 46.4 Å². The first-order valence-corrected chi connectivity index (χ1v) is 14.4. The molecule has 0 bridgehead atoms. The van der Waals surface area contributed by atoms with Gasteiger partial charge in [-0.3, -0.25) is 4.90 Å². The van der Waals surface area contributed by atoms with E-state index in [9.17, 15) is 9.59 Å². The van der Waals surface area contributed by atoms with Gasteiger partial charge in [-0.25, -0.2) is 9.59 Å². The number of ether oxygens (including phenoxy) is 4. The molecule has 41 heavy (non-hydrogen) atoms. The Kier molecular flexibility index (Phi) is 13.0. The topological polar surface area (TPSA) is 74.3 Å². The lowest BCUT2D eigenvalue weighted by Gasteiger charge is -2.38. The van der Waals surface area contributed by atoms with Gasteiger partial charge in [-0.05, 0) is 66.9 Å². The number of benzene rings is 3. The molecule has 0 radical (unpaired) electrons. The van der Waals surface area contributed by atoms with E-state index in [1.807, 2.05) is 24.3 Å². The van der Waals surface area contributed by atoms with E-state index in [1.54, 1.807) is 17.0 Å². The van der Waals surface area contributed by atoms with Crippen LogP contribution in [0.2, 0.25) is 20.1 Å². The van der Waals surface area contributed by atoms with Crippen molar-refractivity contribution in [2.45, 2.75) is 38.6 Å². The van der Waals surface area contributed by atoms with Gasteiger partial charge in [0.15, 0.2) is 0 Å². The lowest BCUT2D eigenvalue weighted by molar-refractivity contribution is -0.0341. The molecule has 7 nitrogen and oxygen atoms in total. The molecule has 0 N–H and O–H groups in total. The monoisotopic (exact) mass is 641 g/mol. The summed E-state index contributed by atoms with van der Waals surface area (Å²) in [4.78, 5) is 28.2. The second kappa shape index (κ2) is 16.2. The summed E-state index contributed by atoms with van der Waals surface area (Å²) in [5.41, 5.74) is 1.86. The van der Waals surface area contributed by atoms with Gasteiger partial charge in [-0.1, -0.05) is 71.9 Å². The van der Waals surface area contributed by atoms with Crippen molar-refractivity contribution in [3.63, 3.8) is 0 Å². The molecule has 3 rings (SSSR count). The average Bonchev–Trinajstić information content (AvgIpc) is 2.95. The molecule has 2 unspecified atom stereocenters. The highest BCUT2D eigenvalue weighted by Gasteiger charge is 2.34. The Morgan fingerprint density at radius 3 is 1.61 bits per heavy atom. The Morgan fingerprint density at radius 2 is 1.20 bits per heavy atom.